The number of carboxylic acid groups (broad SMARTS) is 1. The first-order valence-corrected chi connectivity index (χ1v) is 8.07. The monoisotopic (exact) mass is 300 g/mol. The first-order chi connectivity index (χ1) is 10.5. The molecule has 1 aromatic carbocycles. The Balaban J connectivity index is 1.86. The number of phenols is 1. The summed E-state index contributed by atoms with van der Waals surface area (Å²) in [7, 11) is 0. The molecule has 0 saturated heterocycles. The lowest BCUT2D eigenvalue weighted by atomic mass is 9.47. The van der Waals surface area contributed by atoms with Crippen molar-refractivity contribution in [2.45, 2.75) is 43.9 Å². The SMILES string of the molecule is O=Cc1cc(C(=O)O)c(C23CC4CC(CC(C4)C2)C3)cc1O. The van der Waals surface area contributed by atoms with Crippen LogP contribution >= 0.6 is 0 Å². The molecule has 4 nitrogen and oxygen atoms in total. The molecule has 0 atom stereocenters. The Morgan fingerprint density at radius 3 is 2.09 bits per heavy atom. The van der Waals surface area contributed by atoms with Gasteiger partial charge < -0.3 is 10.2 Å². The molecule has 4 fully saturated rings. The molecule has 0 aliphatic heterocycles. The molecule has 0 spiro atoms. The van der Waals surface area contributed by atoms with Gasteiger partial charge in [0.2, 0.25) is 0 Å². The number of hydrogen-bond acceptors (Lipinski definition) is 3. The van der Waals surface area contributed by atoms with Crippen LogP contribution in [0, 0.1) is 17.8 Å². The zero-order valence-corrected chi connectivity index (χ0v) is 12.4. The lowest BCUT2D eigenvalue weighted by Crippen LogP contribution is -2.49. The van der Waals surface area contributed by atoms with Gasteiger partial charge in [0, 0.05) is 0 Å². The number of carbonyl (C=O) groups excluding carboxylic acids is 1. The van der Waals surface area contributed by atoms with Crippen molar-refractivity contribution in [3.8, 4) is 5.75 Å². The van der Waals surface area contributed by atoms with Crippen LogP contribution in [-0.4, -0.2) is 22.5 Å². The fourth-order valence-corrected chi connectivity index (χ4v) is 5.76. The van der Waals surface area contributed by atoms with Crippen molar-refractivity contribution in [1.29, 1.82) is 0 Å². The molecule has 4 bridgehead atoms. The van der Waals surface area contributed by atoms with Gasteiger partial charge in [-0.25, -0.2) is 4.79 Å². The summed E-state index contributed by atoms with van der Waals surface area (Å²) in [6.45, 7) is 0. The maximum atomic E-state index is 11.7. The zero-order chi connectivity index (χ0) is 15.5. The van der Waals surface area contributed by atoms with E-state index in [2.05, 4.69) is 0 Å². The summed E-state index contributed by atoms with van der Waals surface area (Å²) in [6, 6.07) is 2.90. The average Bonchev–Trinajstić information content (AvgIpc) is 2.45. The van der Waals surface area contributed by atoms with Crippen LogP contribution in [0.4, 0.5) is 0 Å². The summed E-state index contributed by atoms with van der Waals surface area (Å²) in [4.78, 5) is 22.7. The van der Waals surface area contributed by atoms with E-state index < -0.39 is 5.97 Å². The highest BCUT2D eigenvalue weighted by Gasteiger charge is 2.52. The topological polar surface area (TPSA) is 74.6 Å². The molecule has 0 aromatic heterocycles. The van der Waals surface area contributed by atoms with E-state index in [9.17, 15) is 19.8 Å². The van der Waals surface area contributed by atoms with Crippen molar-refractivity contribution in [1.82, 2.24) is 0 Å². The number of phenolic OH excluding ortho intramolecular Hbond substituents is 1. The van der Waals surface area contributed by atoms with Gasteiger partial charge in [-0.2, -0.15) is 0 Å². The zero-order valence-electron chi connectivity index (χ0n) is 12.4. The number of hydrogen-bond donors (Lipinski definition) is 2. The minimum absolute atomic E-state index is 0.0610. The van der Waals surface area contributed by atoms with E-state index in [4.69, 9.17) is 0 Å². The third kappa shape index (κ3) is 1.89. The van der Waals surface area contributed by atoms with E-state index in [0.717, 1.165) is 24.8 Å². The maximum absolute atomic E-state index is 11.7. The Morgan fingerprint density at radius 2 is 1.64 bits per heavy atom. The van der Waals surface area contributed by atoms with Crippen LogP contribution < -0.4 is 0 Å². The first kappa shape index (κ1) is 13.8. The molecule has 22 heavy (non-hydrogen) atoms. The van der Waals surface area contributed by atoms with Crippen molar-refractivity contribution in [2.75, 3.05) is 0 Å². The van der Waals surface area contributed by atoms with Crippen molar-refractivity contribution < 1.29 is 19.8 Å². The van der Waals surface area contributed by atoms with Gasteiger partial charge in [0.25, 0.3) is 0 Å². The molecule has 4 aliphatic carbocycles. The lowest BCUT2D eigenvalue weighted by molar-refractivity contribution is -0.00591. The summed E-state index contributed by atoms with van der Waals surface area (Å²) in [5.74, 6) is 0.988. The van der Waals surface area contributed by atoms with Crippen LogP contribution in [0.25, 0.3) is 0 Å². The van der Waals surface area contributed by atoms with Crippen molar-refractivity contribution in [3.05, 3.63) is 28.8 Å². The molecule has 5 rings (SSSR count). The van der Waals surface area contributed by atoms with Gasteiger partial charge >= 0.3 is 5.97 Å². The Labute approximate surface area is 129 Å². The van der Waals surface area contributed by atoms with Gasteiger partial charge in [-0.15, -0.1) is 0 Å². The van der Waals surface area contributed by atoms with Gasteiger partial charge in [0.05, 0.1) is 11.1 Å². The number of aromatic hydroxyl groups is 1. The van der Waals surface area contributed by atoms with Crippen LogP contribution in [0.3, 0.4) is 0 Å². The average molecular weight is 300 g/mol. The third-order valence-electron chi connectivity index (χ3n) is 6.13. The Morgan fingerprint density at radius 1 is 1.09 bits per heavy atom. The quantitative estimate of drug-likeness (QED) is 0.839. The van der Waals surface area contributed by atoms with Crippen molar-refractivity contribution in [3.63, 3.8) is 0 Å². The number of aromatic carboxylic acids is 1. The van der Waals surface area contributed by atoms with E-state index in [-0.39, 0.29) is 22.3 Å². The van der Waals surface area contributed by atoms with Crippen LogP contribution in [0.5, 0.6) is 5.75 Å². The fourth-order valence-electron chi connectivity index (χ4n) is 5.76. The van der Waals surface area contributed by atoms with E-state index in [1.165, 1.54) is 25.3 Å². The molecule has 2 N–H and O–H groups in total. The van der Waals surface area contributed by atoms with E-state index in [1.807, 2.05) is 0 Å². The second-order valence-electron chi connectivity index (χ2n) is 7.58. The molecule has 0 heterocycles. The predicted molar refractivity (Wildman–Crippen MR) is 80.3 cm³/mol. The first-order valence-electron chi connectivity index (χ1n) is 8.07. The number of carbonyl (C=O) groups is 2. The number of benzene rings is 1. The number of rotatable bonds is 3. The predicted octanol–water partition coefficient (Wildman–Crippen LogP) is 3.37. The number of aldehydes is 1. The minimum atomic E-state index is -1.01. The molecular formula is C18H20O4. The van der Waals surface area contributed by atoms with Gasteiger partial charge in [-0.3, -0.25) is 4.79 Å². The van der Waals surface area contributed by atoms with Gasteiger partial charge in [0.1, 0.15) is 5.75 Å². The van der Waals surface area contributed by atoms with Crippen LogP contribution in [-0.2, 0) is 5.41 Å². The molecule has 4 aliphatic rings. The van der Waals surface area contributed by atoms with Crippen LogP contribution in [0.15, 0.2) is 12.1 Å². The summed E-state index contributed by atoms with van der Waals surface area (Å²) in [6.07, 6.45) is 7.43. The van der Waals surface area contributed by atoms with Gasteiger partial charge in [-0.05, 0) is 79.4 Å². The normalized spacial score (nSPS) is 35.5. The highest BCUT2D eigenvalue weighted by atomic mass is 16.4. The summed E-state index contributed by atoms with van der Waals surface area (Å²) < 4.78 is 0. The molecule has 4 heteroatoms. The van der Waals surface area contributed by atoms with Crippen LogP contribution in [0.1, 0.15) is 64.8 Å². The minimum Gasteiger partial charge on any atom is -0.507 e. The lowest BCUT2D eigenvalue weighted by Gasteiger charge is -2.57. The highest BCUT2D eigenvalue weighted by molar-refractivity contribution is 5.93. The highest BCUT2D eigenvalue weighted by Crippen LogP contribution is 2.61. The molecule has 0 radical (unpaired) electrons. The fraction of sp³-hybridized carbons (Fsp3) is 0.556. The Hall–Kier alpha value is -1.84. The largest absolute Gasteiger partial charge is 0.507 e. The van der Waals surface area contributed by atoms with Gasteiger partial charge in [-0.1, -0.05) is 0 Å². The van der Waals surface area contributed by atoms with Crippen LogP contribution in [0.2, 0.25) is 0 Å². The molecule has 4 saturated carbocycles. The van der Waals surface area contributed by atoms with E-state index in [1.54, 1.807) is 6.07 Å². The summed E-state index contributed by atoms with van der Waals surface area (Å²) in [5.41, 5.74) is 0.899. The summed E-state index contributed by atoms with van der Waals surface area (Å²) >= 11 is 0. The Kier molecular flexibility index (Phi) is 2.87. The molecule has 0 unspecified atom stereocenters. The van der Waals surface area contributed by atoms with E-state index >= 15 is 0 Å². The molecular weight excluding hydrogens is 280 g/mol. The standard InChI is InChI=1S/C18H20O4/c19-9-13-4-14(17(21)22)15(5-16(13)20)18-6-10-1-11(7-18)3-12(2-10)8-18/h4-5,9-12,20H,1-3,6-8H2,(H,21,22). The Bertz CT molecular complexity index is 626. The summed E-state index contributed by atoms with van der Waals surface area (Å²) in [5, 5.41) is 19.7. The number of carboxylic acids is 1. The van der Waals surface area contributed by atoms with Crippen molar-refractivity contribution >= 4 is 12.3 Å². The van der Waals surface area contributed by atoms with E-state index in [0.29, 0.717) is 24.0 Å². The molecule has 116 valence electrons. The molecule has 1 aromatic rings. The second-order valence-corrected chi connectivity index (χ2v) is 7.58. The molecule has 0 amide bonds. The van der Waals surface area contributed by atoms with Gasteiger partial charge in [0.15, 0.2) is 6.29 Å². The third-order valence-corrected chi connectivity index (χ3v) is 6.13. The second kappa shape index (κ2) is 4.58. The smallest absolute Gasteiger partial charge is 0.336 e. The van der Waals surface area contributed by atoms with Crippen molar-refractivity contribution in [2.24, 2.45) is 17.8 Å². The maximum Gasteiger partial charge on any atom is 0.336 e.